The van der Waals surface area contributed by atoms with E-state index in [9.17, 15) is 9.90 Å². The third-order valence-corrected chi connectivity index (χ3v) is 2.75. The quantitative estimate of drug-likeness (QED) is 0.667. The van der Waals surface area contributed by atoms with E-state index in [2.05, 4.69) is 10.6 Å². The fourth-order valence-corrected chi connectivity index (χ4v) is 2.03. The van der Waals surface area contributed by atoms with Gasteiger partial charge in [0.05, 0.1) is 6.10 Å². The molecule has 0 aromatic heterocycles. The van der Waals surface area contributed by atoms with E-state index in [4.69, 9.17) is 0 Å². The van der Waals surface area contributed by atoms with E-state index in [1.165, 1.54) is 0 Å². The molecule has 1 saturated carbocycles. The van der Waals surface area contributed by atoms with Gasteiger partial charge in [-0.2, -0.15) is 0 Å². The van der Waals surface area contributed by atoms with Crippen LogP contribution in [0.2, 0.25) is 0 Å². The third-order valence-electron chi connectivity index (χ3n) is 2.75. The molecule has 0 bridgehead atoms. The van der Waals surface area contributed by atoms with Crippen molar-refractivity contribution in [3.63, 3.8) is 0 Å². The average Bonchev–Trinajstić information content (AvgIpc) is 2.48. The summed E-state index contributed by atoms with van der Waals surface area (Å²) in [5.74, 6) is 0.0625. The Hall–Kier alpha value is -0.610. The summed E-state index contributed by atoms with van der Waals surface area (Å²) in [6.45, 7) is 6.56. The van der Waals surface area contributed by atoms with E-state index in [1.54, 1.807) is 0 Å². The van der Waals surface area contributed by atoms with Crippen molar-refractivity contribution >= 4 is 5.91 Å². The second-order valence-electron chi connectivity index (χ2n) is 5.61. The normalized spacial score (nSPS) is 25.8. The van der Waals surface area contributed by atoms with E-state index in [1.807, 2.05) is 20.8 Å². The van der Waals surface area contributed by atoms with Crippen molar-refractivity contribution in [2.45, 2.75) is 64.1 Å². The van der Waals surface area contributed by atoms with Gasteiger partial charge in [0.25, 0.3) is 0 Å². The molecule has 4 heteroatoms. The summed E-state index contributed by atoms with van der Waals surface area (Å²) in [6.07, 6.45) is 3.22. The van der Waals surface area contributed by atoms with E-state index >= 15 is 0 Å². The number of hydrogen-bond donors (Lipinski definition) is 3. The predicted octanol–water partition coefficient (Wildman–Crippen LogP) is 0.794. The summed E-state index contributed by atoms with van der Waals surface area (Å²) in [6, 6.07) is 0.183. The Balaban J connectivity index is 2.13. The fourth-order valence-electron chi connectivity index (χ4n) is 2.03. The van der Waals surface area contributed by atoms with E-state index in [-0.39, 0.29) is 23.6 Å². The lowest BCUT2D eigenvalue weighted by molar-refractivity contribution is -0.122. The Bertz CT molecular complexity index is 236. The molecule has 1 rings (SSSR count). The molecule has 0 aromatic carbocycles. The summed E-state index contributed by atoms with van der Waals surface area (Å²) in [4.78, 5) is 11.5. The van der Waals surface area contributed by atoms with Crippen LogP contribution in [0.1, 0.15) is 46.5 Å². The standard InChI is InChI=1S/C12H24N2O2/c1-12(2,3)14-11(16)7-8-13-9-5-4-6-10(9)15/h9-10,13,15H,4-8H2,1-3H3,(H,14,16)/t9-,10-/m1/s1. The highest BCUT2D eigenvalue weighted by Gasteiger charge is 2.24. The highest BCUT2D eigenvalue weighted by molar-refractivity contribution is 5.76. The van der Waals surface area contributed by atoms with Crippen LogP contribution >= 0.6 is 0 Å². The van der Waals surface area contributed by atoms with Gasteiger partial charge >= 0.3 is 0 Å². The van der Waals surface area contributed by atoms with Gasteiger partial charge in [-0.05, 0) is 40.0 Å². The molecule has 2 atom stereocenters. The number of amides is 1. The molecule has 16 heavy (non-hydrogen) atoms. The van der Waals surface area contributed by atoms with Gasteiger partial charge in [-0.25, -0.2) is 0 Å². The molecule has 0 unspecified atom stereocenters. The van der Waals surface area contributed by atoms with Crippen molar-refractivity contribution < 1.29 is 9.90 Å². The Kier molecular flexibility index (Phi) is 4.74. The SMILES string of the molecule is CC(C)(C)NC(=O)CCN[C@@H]1CCC[C@H]1O. The summed E-state index contributed by atoms with van der Waals surface area (Å²) in [7, 11) is 0. The molecule has 94 valence electrons. The van der Waals surface area contributed by atoms with Crippen molar-refractivity contribution in [1.82, 2.24) is 10.6 Å². The molecular weight excluding hydrogens is 204 g/mol. The van der Waals surface area contributed by atoms with Gasteiger partial charge in [-0.3, -0.25) is 4.79 Å². The smallest absolute Gasteiger partial charge is 0.221 e. The van der Waals surface area contributed by atoms with E-state index in [0.717, 1.165) is 19.3 Å². The molecule has 1 fully saturated rings. The maximum atomic E-state index is 11.5. The van der Waals surface area contributed by atoms with Gasteiger partial charge in [0, 0.05) is 24.5 Å². The van der Waals surface area contributed by atoms with Crippen LogP contribution < -0.4 is 10.6 Å². The van der Waals surface area contributed by atoms with Crippen LogP contribution in [-0.2, 0) is 4.79 Å². The van der Waals surface area contributed by atoms with Crippen molar-refractivity contribution in [2.24, 2.45) is 0 Å². The number of hydrogen-bond acceptors (Lipinski definition) is 3. The monoisotopic (exact) mass is 228 g/mol. The van der Waals surface area contributed by atoms with Gasteiger partial charge in [0.15, 0.2) is 0 Å². The number of carbonyl (C=O) groups excluding carboxylic acids is 1. The van der Waals surface area contributed by atoms with Crippen LogP contribution in [0.5, 0.6) is 0 Å². The van der Waals surface area contributed by atoms with Gasteiger partial charge in [-0.15, -0.1) is 0 Å². The van der Waals surface area contributed by atoms with Crippen LogP contribution in [0.4, 0.5) is 0 Å². The molecule has 0 aliphatic heterocycles. The molecular formula is C12H24N2O2. The Morgan fingerprint density at radius 1 is 1.38 bits per heavy atom. The minimum absolute atomic E-state index is 0.0625. The summed E-state index contributed by atoms with van der Waals surface area (Å²) in [5, 5.41) is 15.7. The van der Waals surface area contributed by atoms with E-state index in [0.29, 0.717) is 13.0 Å². The number of rotatable bonds is 4. The van der Waals surface area contributed by atoms with Crippen LogP contribution in [0.3, 0.4) is 0 Å². The number of aliphatic hydroxyl groups is 1. The highest BCUT2D eigenvalue weighted by atomic mass is 16.3. The third kappa shape index (κ3) is 4.94. The van der Waals surface area contributed by atoms with Crippen molar-refractivity contribution in [2.75, 3.05) is 6.54 Å². The first-order valence-corrected chi connectivity index (χ1v) is 6.11. The Morgan fingerprint density at radius 3 is 2.56 bits per heavy atom. The van der Waals surface area contributed by atoms with Gasteiger partial charge in [-0.1, -0.05) is 0 Å². The van der Waals surface area contributed by atoms with Gasteiger partial charge in [0.2, 0.25) is 5.91 Å². The van der Waals surface area contributed by atoms with Gasteiger partial charge in [0.1, 0.15) is 0 Å². The number of nitrogens with one attached hydrogen (secondary N) is 2. The first-order valence-electron chi connectivity index (χ1n) is 6.11. The molecule has 0 heterocycles. The largest absolute Gasteiger partial charge is 0.392 e. The molecule has 0 aromatic rings. The topological polar surface area (TPSA) is 61.4 Å². The Morgan fingerprint density at radius 2 is 2.06 bits per heavy atom. The fraction of sp³-hybridized carbons (Fsp3) is 0.917. The first-order chi connectivity index (χ1) is 7.38. The molecule has 0 spiro atoms. The zero-order valence-corrected chi connectivity index (χ0v) is 10.5. The van der Waals surface area contributed by atoms with Crippen LogP contribution in [0.25, 0.3) is 0 Å². The second kappa shape index (κ2) is 5.64. The average molecular weight is 228 g/mol. The maximum absolute atomic E-state index is 11.5. The molecule has 0 radical (unpaired) electrons. The lowest BCUT2D eigenvalue weighted by Crippen LogP contribution is -2.43. The molecule has 1 aliphatic carbocycles. The molecule has 1 amide bonds. The molecule has 3 N–H and O–H groups in total. The summed E-state index contributed by atoms with van der Waals surface area (Å²) < 4.78 is 0. The van der Waals surface area contributed by atoms with Crippen molar-refractivity contribution in [3.8, 4) is 0 Å². The zero-order chi connectivity index (χ0) is 12.2. The minimum Gasteiger partial charge on any atom is -0.392 e. The molecule has 4 nitrogen and oxygen atoms in total. The van der Waals surface area contributed by atoms with Crippen molar-refractivity contribution in [1.29, 1.82) is 0 Å². The van der Waals surface area contributed by atoms with Crippen molar-refractivity contribution in [3.05, 3.63) is 0 Å². The number of carbonyl (C=O) groups is 1. The van der Waals surface area contributed by atoms with Crippen LogP contribution in [-0.4, -0.2) is 35.2 Å². The lowest BCUT2D eigenvalue weighted by Gasteiger charge is -2.21. The van der Waals surface area contributed by atoms with E-state index < -0.39 is 0 Å². The summed E-state index contributed by atoms with van der Waals surface area (Å²) >= 11 is 0. The van der Waals surface area contributed by atoms with Crippen LogP contribution in [0, 0.1) is 0 Å². The lowest BCUT2D eigenvalue weighted by atomic mass is 10.1. The number of aliphatic hydroxyl groups excluding tert-OH is 1. The zero-order valence-electron chi connectivity index (χ0n) is 10.5. The highest BCUT2D eigenvalue weighted by Crippen LogP contribution is 2.18. The van der Waals surface area contributed by atoms with Gasteiger partial charge < -0.3 is 15.7 Å². The maximum Gasteiger partial charge on any atom is 0.221 e. The van der Waals surface area contributed by atoms with Crippen LogP contribution in [0.15, 0.2) is 0 Å². The summed E-state index contributed by atoms with van der Waals surface area (Å²) in [5.41, 5.74) is -0.163. The predicted molar refractivity (Wildman–Crippen MR) is 64.2 cm³/mol. The molecule has 0 saturated heterocycles. The minimum atomic E-state index is -0.231. The Labute approximate surface area is 97.8 Å². The molecule has 1 aliphatic rings. The second-order valence-corrected chi connectivity index (χ2v) is 5.61. The first kappa shape index (κ1) is 13.5.